The molecule has 1 aromatic heterocycles. The van der Waals surface area contributed by atoms with Crippen molar-refractivity contribution in [3.8, 4) is 0 Å². The molecule has 0 amide bonds. The van der Waals surface area contributed by atoms with E-state index in [1.165, 1.54) is 35.0 Å². The van der Waals surface area contributed by atoms with Gasteiger partial charge in [-0.1, -0.05) is 0 Å². The van der Waals surface area contributed by atoms with Gasteiger partial charge in [0.25, 0.3) is 0 Å². The van der Waals surface area contributed by atoms with Crippen molar-refractivity contribution >= 4 is 27.3 Å². The first-order chi connectivity index (χ1) is 7.22. The second-order valence-corrected chi connectivity index (χ2v) is 7.09. The number of hydrogen-bond donors (Lipinski definition) is 1. The molecule has 3 rings (SSSR count). The van der Waals surface area contributed by atoms with Gasteiger partial charge in [-0.15, -0.1) is 11.3 Å². The van der Waals surface area contributed by atoms with Gasteiger partial charge in [-0.25, -0.2) is 0 Å². The third-order valence-corrected chi connectivity index (χ3v) is 6.05. The molecule has 2 atom stereocenters. The monoisotopic (exact) mass is 285 g/mol. The summed E-state index contributed by atoms with van der Waals surface area (Å²) in [5.74, 6) is 2.04. The van der Waals surface area contributed by atoms with E-state index in [1.54, 1.807) is 0 Å². The number of rotatable bonds is 3. The summed E-state index contributed by atoms with van der Waals surface area (Å²) < 4.78 is 1.28. The van der Waals surface area contributed by atoms with Crippen molar-refractivity contribution in [2.45, 2.75) is 25.7 Å². The van der Waals surface area contributed by atoms with Crippen LogP contribution in [0.3, 0.4) is 0 Å². The molecule has 1 aromatic rings. The Bertz CT molecular complexity index is 363. The fourth-order valence-electron chi connectivity index (χ4n) is 3.18. The largest absolute Gasteiger partial charge is 0.330 e. The molecule has 2 saturated carbocycles. The molecule has 2 unspecified atom stereocenters. The van der Waals surface area contributed by atoms with E-state index in [9.17, 15) is 0 Å². The lowest BCUT2D eigenvalue weighted by atomic mass is 9.79. The molecule has 2 aliphatic rings. The SMILES string of the molecule is NCC1(Cc2sccc2Br)CC2CC2C1. The fraction of sp³-hybridized carbons (Fsp3) is 0.667. The van der Waals surface area contributed by atoms with Crippen LogP contribution in [0.25, 0.3) is 0 Å². The first-order valence-corrected chi connectivity index (χ1v) is 7.32. The third kappa shape index (κ3) is 1.79. The van der Waals surface area contributed by atoms with Crippen LogP contribution in [0.4, 0.5) is 0 Å². The highest BCUT2D eigenvalue weighted by Gasteiger charge is 2.53. The van der Waals surface area contributed by atoms with Crippen LogP contribution in [0.2, 0.25) is 0 Å². The maximum atomic E-state index is 6.01. The van der Waals surface area contributed by atoms with Crippen LogP contribution < -0.4 is 5.73 Å². The Balaban J connectivity index is 1.78. The van der Waals surface area contributed by atoms with Crippen LogP contribution in [0, 0.1) is 17.3 Å². The van der Waals surface area contributed by atoms with Crippen LogP contribution in [0.1, 0.15) is 24.1 Å². The molecule has 2 N–H and O–H groups in total. The molecule has 2 fully saturated rings. The van der Waals surface area contributed by atoms with Gasteiger partial charge in [-0.2, -0.15) is 0 Å². The van der Waals surface area contributed by atoms with Crippen molar-refractivity contribution in [3.05, 3.63) is 20.8 Å². The van der Waals surface area contributed by atoms with Gasteiger partial charge in [-0.3, -0.25) is 0 Å². The Labute approximate surface area is 103 Å². The van der Waals surface area contributed by atoms with Crippen molar-refractivity contribution in [1.82, 2.24) is 0 Å². The van der Waals surface area contributed by atoms with Gasteiger partial charge in [0.1, 0.15) is 0 Å². The average molecular weight is 286 g/mol. The van der Waals surface area contributed by atoms with E-state index in [0.29, 0.717) is 5.41 Å². The second kappa shape index (κ2) is 3.57. The molecule has 0 bridgehead atoms. The number of thiophene rings is 1. The fourth-order valence-corrected chi connectivity index (χ4v) is 4.85. The molecular weight excluding hydrogens is 270 g/mol. The minimum atomic E-state index is 0.432. The Kier molecular flexibility index (Phi) is 2.45. The van der Waals surface area contributed by atoms with Crippen LogP contribution in [0.15, 0.2) is 15.9 Å². The minimum absolute atomic E-state index is 0.432. The van der Waals surface area contributed by atoms with Gasteiger partial charge in [0.15, 0.2) is 0 Å². The van der Waals surface area contributed by atoms with Crippen LogP contribution >= 0.6 is 27.3 Å². The highest BCUT2D eigenvalue weighted by atomic mass is 79.9. The highest BCUT2D eigenvalue weighted by molar-refractivity contribution is 9.10. The molecule has 0 aromatic carbocycles. The number of fused-ring (bicyclic) bond motifs is 1. The van der Waals surface area contributed by atoms with Gasteiger partial charge < -0.3 is 5.73 Å². The first-order valence-electron chi connectivity index (χ1n) is 5.64. The summed E-state index contributed by atoms with van der Waals surface area (Å²) in [5, 5.41) is 2.17. The zero-order valence-corrected chi connectivity index (χ0v) is 11.1. The quantitative estimate of drug-likeness (QED) is 0.905. The van der Waals surface area contributed by atoms with Gasteiger partial charge in [-0.05, 0) is 76.9 Å². The van der Waals surface area contributed by atoms with Crippen molar-refractivity contribution in [2.75, 3.05) is 6.54 Å². The summed E-state index contributed by atoms with van der Waals surface area (Å²) in [6.45, 7) is 0.865. The van der Waals surface area contributed by atoms with E-state index in [2.05, 4.69) is 27.4 Å². The Morgan fingerprint density at radius 2 is 2.20 bits per heavy atom. The number of nitrogens with two attached hydrogens (primary N) is 1. The van der Waals surface area contributed by atoms with E-state index in [0.717, 1.165) is 18.4 Å². The molecule has 0 aliphatic heterocycles. The first kappa shape index (κ1) is 10.3. The molecule has 0 saturated heterocycles. The average Bonchev–Trinajstić information content (AvgIpc) is 2.66. The molecule has 3 heteroatoms. The summed E-state index contributed by atoms with van der Waals surface area (Å²) in [6, 6.07) is 2.15. The standard InChI is InChI=1S/C12H16BrNS/c13-10-1-2-15-11(10)6-12(7-14)4-8-3-9(8)5-12/h1-2,8-9H,3-7,14H2. The Morgan fingerprint density at radius 3 is 2.73 bits per heavy atom. The molecule has 15 heavy (non-hydrogen) atoms. The van der Waals surface area contributed by atoms with Gasteiger partial charge in [0.05, 0.1) is 0 Å². The normalized spacial score (nSPS) is 38.0. The summed E-state index contributed by atoms with van der Waals surface area (Å²) in [6.07, 6.45) is 5.42. The van der Waals surface area contributed by atoms with Crippen molar-refractivity contribution in [3.63, 3.8) is 0 Å². The summed E-state index contributed by atoms with van der Waals surface area (Å²) in [5.41, 5.74) is 6.44. The topological polar surface area (TPSA) is 26.0 Å². The van der Waals surface area contributed by atoms with E-state index in [1.807, 2.05) is 11.3 Å². The second-order valence-electron chi connectivity index (χ2n) is 5.24. The van der Waals surface area contributed by atoms with E-state index >= 15 is 0 Å². The van der Waals surface area contributed by atoms with Crippen molar-refractivity contribution in [1.29, 1.82) is 0 Å². The molecule has 2 aliphatic carbocycles. The highest BCUT2D eigenvalue weighted by Crippen LogP contribution is 2.60. The van der Waals surface area contributed by atoms with Gasteiger partial charge in [0, 0.05) is 9.35 Å². The molecule has 82 valence electrons. The van der Waals surface area contributed by atoms with E-state index < -0.39 is 0 Å². The summed E-state index contributed by atoms with van der Waals surface area (Å²) >= 11 is 5.49. The summed E-state index contributed by atoms with van der Waals surface area (Å²) in [7, 11) is 0. The Hall–Kier alpha value is 0.140. The zero-order chi connectivity index (χ0) is 10.5. The maximum Gasteiger partial charge on any atom is 0.0314 e. The lowest BCUT2D eigenvalue weighted by molar-refractivity contribution is 0.274. The lowest BCUT2D eigenvalue weighted by Gasteiger charge is -2.29. The smallest absolute Gasteiger partial charge is 0.0314 e. The van der Waals surface area contributed by atoms with Gasteiger partial charge in [0.2, 0.25) is 0 Å². The molecular formula is C12H16BrNS. The predicted octanol–water partition coefficient (Wildman–Crippen LogP) is 3.43. The molecule has 0 radical (unpaired) electrons. The van der Waals surface area contributed by atoms with Gasteiger partial charge >= 0.3 is 0 Å². The predicted molar refractivity (Wildman–Crippen MR) is 68.0 cm³/mol. The molecule has 0 spiro atoms. The van der Waals surface area contributed by atoms with Crippen LogP contribution in [0.5, 0.6) is 0 Å². The zero-order valence-electron chi connectivity index (χ0n) is 8.71. The Morgan fingerprint density at radius 1 is 1.47 bits per heavy atom. The van der Waals surface area contributed by atoms with E-state index in [-0.39, 0.29) is 0 Å². The van der Waals surface area contributed by atoms with Crippen LogP contribution in [-0.4, -0.2) is 6.54 Å². The number of halogens is 1. The third-order valence-electron chi connectivity index (χ3n) is 4.12. The lowest BCUT2D eigenvalue weighted by Crippen LogP contribution is -2.31. The van der Waals surface area contributed by atoms with Crippen molar-refractivity contribution in [2.24, 2.45) is 23.0 Å². The van der Waals surface area contributed by atoms with E-state index in [4.69, 9.17) is 5.73 Å². The summed E-state index contributed by atoms with van der Waals surface area (Å²) in [4.78, 5) is 1.49. The minimum Gasteiger partial charge on any atom is -0.330 e. The maximum absolute atomic E-state index is 6.01. The number of hydrogen-bond acceptors (Lipinski definition) is 2. The molecule has 1 nitrogen and oxygen atoms in total. The van der Waals surface area contributed by atoms with Crippen molar-refractivity contribution < 1.29 is 0 Å². The van der Waals surface area contributed by atoms with Crippen LogP contribution in [-0.2, 0) is 6.42 Å². The molecule has 1 heterocycles.